The molecule has 1 aromatic carbocycles. The fraction of sp³-hybridized carbons (Fsp3) is 0.500. The van der Waals surface area contributed by atoms with E-state index in [1.807, 2.05) is 0 Å². The van der Waals surface area contributed by atoms with Crippen molar-refractivity contribution in [2.75, 3.05) is 0 Å². The highest BCUT2D eigenvalue weighted by Crippen LogP contribution is 2.05. The van der Waals surface area contributed by atoms with Gasteiger partial charge in [-0.15, -0.1) is 0 Å². The lowest BCUT2D eigenvalue weighted by Crippen LogP contribution is -2.59. The van der Waals surface area contributed by atoms with Gasteiger partial charge in [0.15, 0.2) is 0 Å². The molecular formula is C18H27N3O5. The minimum atomic E-state index is -1.30. The van der Waals surface area contributed by atoms with Gasteiger partial charge in [-0.2, -0.15) is 0 Å². The topological polar surface area (TPSA) is 142 Å². The lowest BCUT2D eigenvalue weighted by atomic mass is 10.0. The largest absolute Gasteiger partial charge is 0.480 e. The lowest BCUT2D eigenvalue weighted by molar-refractivity contribution is -0.142. The summed E-state index contributed by atoms with van der Waals surface area (Å²) < 4.78 is 0. The van der Waals surface area contributed by atoms with Crippen LogP contribution < -0.4 is 16.4 Å². The Morgan fingerprint density at radius 2 is 1.62 bits per heavy atom. The van der Waals surface area contributed by atoms with E-state index in [0.29, 0.717) is 0 Å². The first-order chi connectivity index (χ1) is 12.1. The van der Waals surface area contributed by atoms with Crippen molar-refractivity contribution in [1.82, 2.24) is 10.6 Å². The summed E-state index contributed by atoms with van der Waals surface area (Å²) in [7, 11) is 0. The van der Waals surface area contributed by atoms with Gasteiger partial charge in [0.2, 0.25) is 11.8 Å². The molecular weight excluding hydrogens is 338 g/mol. The monoisotopic (exact) mass is 365 g/mol. The molecule has 0 aromatic heterocycles. The maximum absolute atomic E-state index is 12.4. The number of nitrogens with two attached hydrogens (primary N) is 1. The standard InChI is InChI=1S/C18H27N3O5/c1-10(2)14(19)16(23)21-15(11(3)22)17(24)20-13(18(25)26)9-12-7-5-4-6-8-12/h4-8,10-11,13-15,22H,9,19H2,1-3H3,(H,20,24)(H,21,23)(H,25,26). The van der Waals surface area contributed by atoms with Gasteiger partial charge < -0.3 is 26.6 Å². The summed E-state index contributed by atoms with van der Waals surface area (Å²) in [6.07, 6.45) is -1.14. The molecule has 0 bridgehead atoms. The van der Waals surface area contributed by atoms with Gasteiger partial charge in [0, 0.05) is 6.42 Å². The lowest BCUT2D eigenvalue weighted by Gasteiger charge is -2.25. The second-order valence-electron chi connectivity index (χ2n) is 6.59. The van der Waals surface area contributed by atoms with Crippen LogP contribution in [0, 0.1) is 5.92 Å². The zero-order chi connectivity index (χ0) is 19.9. The molecule has 8 nitrogen and oxygen atoms in total. The van der Waals surface area contributed by atoms with Gasteiger partial charge in [0.05, 0.1) is 12.1 Å². The Balaban J connectivity index is 2.83. The third-order valence-electron chi connectivity index (χ3n) is 3.98. The second-order valence-corrected chi connectivity index (χ2v) is 6.59. The highest BCUT2D eigenvalue weighted by molar-refractivity contribution is 5.92. The molecule has 0 aliphatic heterocycles. The first-order valence-electron chi connectivity index (χ1n) is 8.44. The van der Waals surface area contributed by atoms with Gasteiger partial charge in [-0.05, 0) is 18.4 Å². The molecule has 0 aliphatic carbocycles. The van der Waals surface area contributed by atoms with Gasteiger partial charge in [0.1, 0.15) is 12.1 Å². The number of carbonyl (C=O) groups excluding carboxylic acids is 2. The molecule has 0 aliphatic rings. The smallest absolute Gasteiger partial charge is 0.326 e. The molecule has 26 heavy (non-hydrogen) atoms. The van der Waals surface area contributed by atoms with Crippen molar-refractivity contribution >= 4 is 17.8 Å². The molecule has 6 N–H and O–H groups in total. The SMILES string of the molecule is CC(C)C(N)C(=O)NC(C(=O)NC(Cc1ccccc1)C(=O)O)C(C)O. The maximum atomic E-state index is 12.4. The molecule has 144 valence electrons. The van der Waals surface area contributed by atoms with Gasteiger partial charge in [-0.1, -0.05) is 44.2 Å². The molecule has 0 radical (unpaired) electrons. The Labute approximate surface area is 152 Å². The summed E-state index contributed by atoms with van der Waals surface area (Å²) in [6.45, 7) is 4.84. The van der Waals surface area contributed by atoms with Crippen LogP contribution in [-0.2, 0) is 20.8 Å². The van der Waals surface area contributed by atoms with Crippen LogP contribution in [0.5, 0.6) is 0 Å². The van der Waals surface area contributed by atoms with Crippen molar-refractivity contribution in [3.05, 3.63) is 35.9 Å². The van der Waals surface area contributed by atoms with E-state index in [-0.39, 0.29) is 12.3 Å². The number of carboxylic acid groups (broad SMARTS) is 1. The third-order valence-corrected chi connectivity index (χ3v) is 3.98. The van der Waals surface area contributed by atoms with Crippen molar-refractivity contribution in [3.63, 3.8) is 0 Å². The van der Waals surface area contributed by atoms with E-state index in [1.165, 1.54) is 6.92 Å². The van der Waals surface area contributed by atoms with E-state index in [4.69, 9.17) is 5.73 Å². The molecule has 0 saturated heterocycles. The van der Waals surface area contributed by atoms with Gasteiger partial charge in [0.25, 0.3) is 0 Å². The van der Waals surface area contributed by atoms with Crippen LogP contribution in [-0.4, -0.2) is 52.2 Å². The summed E-state index contributed by atoms with van der Waals surface area (Å²) in [6, 6.07) is 5.49. The fourth-order valence-corrected chi connectivity index (χ4v) is 2.27. The normalized spacial score (nSPS) is 15.6. The summed E-state index contributed by atoms with van der Waals surface area (Å²) in [5.41, 5.74) is 6.48. The fourth-order valence-electron chi connectivity index (χ4n) is 2.27. The zero-order valence-electron chi connectivity index (χ0n) is 15.2. The van der Waals surface area contributed by atoms with E-state index < -0.39 is 42.0 Å². The van der Waals surface area contributed by atoms with Gasteiger partial charge in [-0.25, -0.2) is 4.79 Å². The third kappa shape index (κ3) is 6.45. The zero-order valence-corrected chi connectivity index (χ0v) is 15.2. The number of benzene rings is 1. The van der Waals surface area contributed by atoms with Crippen LogP contribution >= 0.6 is 0 Å². The Hall–Kier alpha value is -2.45. The van der Waals surface area contributed by atoms with E-state index in [2.05, 4.69) is 10.6 Å². The number of carboxylic acids is 1. The Bertz CT molecular complexity index is 619. The van der Waals surface area contributed by atoms with Crippen molar-refractivity contribution in [2.45, 2.75) is 51.4 Å². The van der Waals surface area contributed by atoms with Crippen LogP contribution in [0.4, 0.5) is 0 Å². The maximum Gasteiger partial charge on any atom is 0.326 e. The predicted octanol–water partition coefficient (Wildman–Crippen LogP) is -0.353. The highest BCUT2D eigenvalue weighted by Gasteiger charge is 2.31. The predicted molar refractivity (Wildman–Crippen MR) is 96.1 cm³/mol. The Morgan fingerprint density at radius 1 is 1.04 bits per heavy atom. The first-order valence-corrected chi connectivity index (χ1v) is 8.44. The molecule has 1 rings (SSSR count). The number of aliphatic hydroxyl groups is 1. The van der Waals surface area contributed by atoms with Gasteiger partial charge >= 0.3 is 5.97 Å². The van der Waals surface area contributed by atoms with E-state index in [1.54, 1.807) is 44.2 Å². The van der Waals surface area contributed by atoms with Crippen LogP contribution in [0.2, 0.25) is 0 Å². The summed E-state index contributed by atoms with van der Waals surface area (Å²) in [5.74, 6) is -2.74. The minimum Gasteiger partial charge on any atom is -0.480 e. The molecule has 4 unspecified atom stereocenters. The molecule has 0 saturated carbocycles. The van der Waals surface area contributed by atoms with E-state index in [9.17, 15) is 24.6 Å². The minimum absolute atomic E-state index is 0.0773. The van der Waals surface area contributed by atoms with Crippen molar-refractivity contribution in [3.8, 4) is 0 Å². The van der Waals surface area contributed by atoms with Crippen molar-refractivity contribution in [2.24, 2.45) is 11.7 Å². The second kappa shape index (κ2) is 9.88. The average Bonchev–Trinajstić information content (AvgIpc) is 2.58. The number of rotatable bonds is 9. The number of amides is 2. The average molecular weight is 365 g/mol. The summed E-state index contributed by atoms with van der Waals surface area (Å²) in [4.78, 5) is 36.0. The Kier molecular flexibility index (Phi) is 8.21. The molecule has 1 aromatic rings. The number of hydrogen-bond donors (Lipinski definition) is 5. The molecule has 4 atom stereocenters. The summed E-state index contributed by atoms with van der Waals surface area (Å²) in [5, 5.41) is 23.9. The Morgan fingerprint density at radius 3 is 2.08 bits per heavy atom. The highest BCUT2D eigenvalue weighted by atomic mass is 16.4. The molecule has 0 spiro atoms. The number of aliphatic hydroxyl groups excluding tert-OH is 1. The summed E-state index contributed by atoms with van der Waals surface area (Å²) >= 11 is 0. The van der Waals surface area contributed by atoms with Crippen LogP contribution in [0.1, 0.15) is 26.3 Å². The number of aliphatic carboxylic acids is 1. The van der Waals surface area contributed by atoms with Crippen LogP contribution in [0.15, 0.2) is 30.3 Å². The van der Waals surface area contributed by atoms with E-state index >= 15 is 0 Å². The van der Waals surface area contributed by atoms with Crippen LogP contribution in [0.3, 0.4) is 0 Å². The first kappa shape index (κ1) is 21.6. The molecule has 2 amide bonds. The number of hydrogen-bond acceptors (Lipinski definition) is 5. The molecule has 0 fully saturated rings. The van der Waals surface area contributed by atoms with Crippen molar-refractivity contribution < 1.29 is 24.6 Å². The quantitative estimate of drug-likeness (QED) is 0.405. The van der Waals surface area contributed by atoms with Gasteiger partial charge in [-0.3, -0.25) is 9.59 Å². The number of carbonyl (C=O) groups is 3. The molecule has 8 heteroatoms. The molecule has 0 heterocycles. The van der Waals surface area contributed by atoms with Crippen LogP contribution in [0.25, 0.3) is 0 Å². The van der Waals surface area contributed by atoms with Crippen molar-refractivity contribution in [1.29, 1.82) is 0 Å². The number of nitrogens with one attached hydrogen (secondary N) is 2. The van der Waals surface area contributed by atoms with E-state index in [0.717, 1.165) is 5.56 Å².